The van der Waals surface area contributed by atoms with Crippen molar-refractivity contribution in [2.75, 3.05) is 31.6 Å². The fourth-order valence-electron chi connectivity index (χ4n) is 4.12. The SMILES string of the molecule is Cc1ccc(NC(=O)NC(=O)CN2CCC[C@H]2c2ccc3c(c2)OCCO3)c(C)c1. The highest BCUT2D eigenvalue weighted by Crippen LogP contribution is 2.37. The van der Waals surface area contributed by atoms with E-state index >= 15 is 0 Å². The number of fused-ring (bicyclic) bond motifs is 1. The van der Waals surface area contributed by atoms with Gasteiger partial charge in [-0.25, -0.2) is 4.79 Å². The number of nitrogens with zero attached hydrogens (tertiary/aromatic N) is 1. The van der Waals surface area contributed by atoms with Crippen LogP contribution >= 0.6 is 0 Å². The average Bonchev–Trinajstić information content (AvgIpc) is 3.17. The van der Waals surface area contributed by atoms with Crippen LogP contribution in [0.3, 0.4) is 0 Å². The molecule has 2 aromatic carbocycles. The summed E-state index contributed by atoms with van der Waals surface area (Å²) in [5.74, 6) is 1.19. The number of carbonyl (C=O) groups excluding carboxylic acids is 2. The Hall–Kier alpha value is -3.06. The van der Waals surface area contributed by atoms with Crippen LogP contribution in [0, 0.1) is 13.8 Å². The lowest BCUT2D eigenvalue weighted by Crippen LogP contribution is -2.41. The number of rotatable bonds is 4. The van der Waals surface area contributed by atoms with E-state index in [0.717, 1.165) is 47.6 Å². The number of benzene rings is 2. The van der Waals surface area contributed by atoms with E-state index in [-0.39, 0.29) is 18.5 Å². The first-order chi connectivity index (χ1) is 14.5. The quantitative estimate of drug-likeness (QED) is 0.807. The standard InChI is InChI=1S/C23H27N3O4/c1-15-5-7-18(16(2)12-15)24-23(28)25-22(27)14-26-9-3-4-19(26)17-6-8-20-21(13-17)30-11-10-29-20/h5-8,12-13,19H,3-4,9-11,14H2,1-2H3,(H2,24,25,27,28)/t19-/m0/s1. The highest BCUT2D eigenvalue weighted by Gasteiger charge is 2.29. The molecule has 2 aliphatic heterocycles. The Bertz CT molecular complexity index is 959. The first kappa shape index (κ1) is 20.2. The number of carbonyl (C=O) groups is 2. The fraction of sp³-hybridized carbons (Fsp3) is 0.391. The van der Waals surface area contributed by atoms with Gasteiger partial charge in [0.05, 0.1) is 6.54 Å². The van der Waals surface area contributed by atoms with Crippen LogP contribution in [0.1, 0.15) is 35.6 Å². The summed E-state index contributed by atoms with van der Waals surface area (Å²) in [6, 6.07) is 11.3. The minimum absolute atomic E-state index is 0.119. The molecule has 7 nitrogen and oxygen atoms in total. The molecule has 1 atom stereocenters. The van der Waals surface area contributed by atoms with E-state index in [1.807, 2.05) is 50.2 Å². The number of hydrogen-bond donors (Lipinski definition) is 2. The van der Waals surface area contributed by atoms with Crippen molar-refractivity contribution >= 4 is 17.6 Å². The van der Waals surface area contributed by atoms with E-state index in [0.29, 0.717) is 18.9 Å². The van der Waals surface area contributed by atoms with Crippen LogP contribution in [0.2, 0.25) is 0 Å². The summed E-state index contributed by atoms with van der Waals surface area (Å²) in [5, 5.41) is 5.19. The summed E-state index contributed by atoms with van der Waals surface area (Å²) in [4.78, 5) is 26.8. The third-order valence-corrected chi connectivity index (χ3v) is 5.54. The van der Waals surface area contributed by atoms with Crippen LogP contribution in [0.4, 0.5) is 10.5 Å². The molecule has 3 amide bonds. The highest BCUT2D eigenvalue weighted by molar-refractivity contribution is 6.02. The number of likely N-dealkylation sites (tertiary alicyclic amines) is 1. The lowest BCUT2D eigenvalue weighted by Gasteiger charge is -2.26. The Kier molecular flexibility index (Phi) is 5.90. The summed E-state index contributed by atoms with van der Waals surface area (Å²) in [5.41, 5.74) is 3.87. The molecule has 1 saturated heterocycles. The Labute approximate surface area is 176 Å². The molecule has 2 heterocycles. The molecule has 158 valence electrons. The molecule has 0 unspecified atom stereocenters. The van der Waals surface area contributed by atoms with Gasteiger partial charge in [-0.2, -0.15) is 0 Å². The maximum atomic E-state index is 12.5. The zero-order valence-electron chi connectivity index (χ0n) is 17.4. The Morgan fingerprint density at radius 3 is 2.67 bits per heavy atom. The fourth-order valence-corrected chi connectivity index (χ4v) is 4.12. The van der Waals surface area contributed by atoms with E-state index < -0.39 is 6.03 Å². The third-order valence-electron chi connectivity index (χ3n) is 5.54. The molecule has 0 saturated carbocycles. The molecular weight excluding hydrogens is 382 g/mol. The number of urea groups is 1. The maximum absolute atomic E-state index is 12.5. The van der Waals surface area contributed by atoms with Crippen molar-refractivity contribution in [2.45, 2.75) is 32.7 Å². The van der Waals surface area contributed by atoms with Crippen molar-refractivity contribution in [3.05, 3.63) is 53.1 Å². The number of ether oxygens (including phenoxy) is 2. The number of imide groups is 1. The normalized spacial score (nSPS) is 18.1. The third kappa shape index (κ3) is 4.57. The van der Waals surface area contributed by atoms with E-state index in [1.54, 1.807) is 0 Å². The molecule has 7 heteroatoms. The van der Waals surface area contributed by atoms with Gasteiger partial charge in [0, 0.05) is 11.7 Å². The van der Waals surface area contributed by atoms with Gasteiger partial charge in [0.1, 0.15) is 13.2 Å². The molecule has 0 aliphatic carbocycles. The van der Waals surface area contributed by atoms with Crippen LogP contribution in [0.5, 0.6) is 11.5 Å². The van der Waals surface area contributed by atoms with Crippen LogP contribution in [-0.4, -0.2) is 43.1 Å². The predicted molar refractivity (Wildman–Crippen MR) is 114 cm³/mol. The molecule has 2 aromatic rings. The van der Waals surface area contributed by atoms with Gasteiger partial charge in [-0.3, -0.25) is 15.0 Å². The molecule has 4 rings (SSSR count). The van der Waals surface area contributed by atoms with Gasteiger partial charge >= 0.3 is 6.03 Å². The number of nitrogens with one attached hydrogen (secondary N) is 2. The number of hydrogen-bond acceptors (Lipinski definition) is 5. The van der Waals surface area contributed by atoms with E-state index in [1.165, 1.54) is 0 Å². The van der Waals surface area contributed by atoms with Crippen molar-refractivity contribution in [1.29, 1.82) is 0 Å². The number of amides is 3. The monoisotopic (exact) mass is 409 g/mol. The second-order valence-corrected chi connectivity index (χ2v) is 7.85. The summed E-state index contributed by atoms with van der Waals surface area (Å²) >= 11 is 0. The van der Waals surface area contributed by atoms with Gasteiger partial charge in [0.25, 0.3) is 0 Å². The average molecular weight is 409 g/mol. The van der Waals surface area contributed by atoms with Gasteiger partial charge in [-0.05, 0) is 62.6 Å². The Balaban J connectivity index is 1.36. The van der Waals surface area contributed by atoms with Crippen molar-refractivity contribution in [3.63, 3.8) is 0 Å². The molecular formula is C23H27N3O4. The molecule has 0 aromatic heterocycles. The van der Waals surface area contributed by atoms with E-state index in [2.05, 4.69) is 15.5 Å². The van der Waals surface area contributed by atoms with E-state index in [9.17, 15) is 9.59 Å². The molecule has 0 radical (unpaired) electrons. The first-order valence-corrected chi connectivity index (χ1v) is 10.3. The first-order valence-electron chi connectivity index (χ1n) is 10.3. The second kappa shape index (κ2) is 8.75. The number of aryl methyl sites for hydroxylation is 2. The summed E-state index contributed by atoms with van der Waals surface area (Å²) in [6.07, 6.45) is 1.96. The largest absolute Gasteiger partial charge is 0.486 e. The molecule has 30 heavy (non-hydrogen) atoms. The van der Waals surface area contributed by atoms with Crippen molar-refractivity contribution in [1.82, 2.24) is 10.2 Å². The van der Waals surface area contributed by atoms with Crippen molar-refractivity contribution in [3.8, 4) is 11.5 Å². The van der Waals surface area contributed by atoms with Gasteiger partial charge < -0.3 is 14.8 Å². The Morgan fingerprint density at radius 2 is 1.87 bits per heavy atom. The van der Waals surface area contributed by atoms with Crippen LogP contribution < -0.4 is 20.1 Å². The van der Waals surface area contributed by atoms with Gasteiger partial charge in [-0.15, -0.1) is 0 Å². The molecule has 0 spiro atoms. The van der Waals surface area contributed by atoms with Crippen molar-refractivity contribution < 1.29 is 19.1 Å². The van der Waals surface area contributed by atoms with Crippen LogP contribution in [0.25, 0.3) is 0 Å². The lowest BCUT2D eigenvalue weighted by atomic mass is 10.0. The van der Waals surface area contributed by atoms with Crippen LogP contribution in [0.15, 0.2) is 36.4 Å². The molecule has 0 bridgehead atoms. The zero-order valence-corrected chi connectivity index (χ0v) is 17.4. The van der Waals surface area contributed by atoms with Gasteiger partial charge in [-0.1, -0.05) is 23.8 Å². The smallest absolute Gasteiger partial charge is 0.325 e. The summed E-state index contributed by atoms with van der Waals surface area (Å²) in [7, 11) is 0. The zero-order chi connectivity index (χ0) is 21.1. The second-order valence-electron chi connectivity index (χ2n) is 7.85. The molecule has 2 aliphatic rings. The number of anilines is 1. The van der Waals surface area contributed by atoms with Gasteiger partial charge in [0.15, 0.2) is 11.5 Å². The summed E-state index contributed by atoms with van der Waals surface area (Å²) in [6.45, 7) is 6.00. The van der Waals surface area contributed by atoms with Gasteiger partial charge in [0.2, 0.25) is 5.91 Å². The minimum atomic E-state index is -0.512. The Morgan fingerprint density at radius 1 is 1.07 bits per heavy atom. The van der Waals surface area contributed by atoms with Crippen LogP contribution in [-0.2, 0) is 4.79 Å². The lowest BCUT2D eigenvalue weighted by molar-refractivity contribution is -0.121. The molecule has 1 fully saturated rings. The maximum Gasteiger partial charge on any atom is 0.325 e. The predicted octanol–water partition coefficient (Wildman–Crippen LogP) is 3.56. The molecule has 2 N–H and O–H groups in total. The highest BCUT2D eigenvalue weighted by atomic mass is 16.6. The van der Waals surface area contributed by atoms with E-state index in [4.69, 9.17) is 9.47 Å². The minimum Gasteiger partial charge on any atom is -0.486 e. The summed E-state index contributed by atoms with van der Waals surface area (Å²) < 4.78 is 11.3. The topological polar surface area (TPSA) is 79.9 Å². The van der Waals surface area contributed by atoms with Crippen molar-refractivity contribution in [2.24, 2.45) is 0 Å².